The van der Waals surface area contributed by atoms with E-state index < -0.39 is 17.1 Å². The lowest BCUT2D eigenvalue weighted by molar-refractivity contribution is -0.131. The molecule has 1 aliphatic carbocycles. The molecule has 124 valence electrons. The molecule has 1 saturated carbocycles. The second kappa shape index (κ2) is 6.31. The molecule has 3 rings (SSSR count). The summed E-state index contributed by atoms with van der Waals surface area (Å²) in [4.78, 5) is 25.0. The van der Waals surface area contributed by atoms with Crippen LogP contribution in [0.1, 0.15) is 12.8 Å². The maximum atomic E-state index is 13.2. The zero-order chi connectivity index (χ0) is 17.2. The van der Waals surface area contributed by atoms with Crippen molar-refractivity contribution in [3.63, 3.8) is 0 Å². The molecule has 6 heteroatoms. The number of rotatable bonds is 5. The summed E-state index contributed by atoms with van der Waals surface area (Å²) in [5.74, 6) is -0.746. The summed E-state index contributed by atoms with van der Waals surface area (Å²) in [5, 5.41) is 5.35. The van der Waals surface area contributed by atoms with E-state index in [1.54, 1.807) is 30.3 Å². The number of methoxy groups -OCH3 is 1. The molecule has 0 aromatic heterocycles. The smallest absolute Gasteiger partial charge is 0.240 e. The van der Waals surface area contributed by atoms with E-state index in [4.69, 9.17) is 4.74 Å². The van der Waals surface area contributed by atoms with Crippen molar-refractivity contribution >= 4 is 23.2 Å². The first-order valence-electron chi connectivity index (χ1n) is 7.57. The largest absolute Gasteiger partial charge is 0.495 e. The monoisotopic (exact) mass is 328 g/mol. The SMILES string of the molecule is COc1ccccc1NC(=O)C1(C(=O)Nc2cccc(F)c2)CC1. The molecular formula is C18H17FN2O3. The number of amides is 2. The summed E-state index contributed by atoms with van der Waals surface area (Å²) in [6.07, 6.45) is 0.907. The third kappa shape index (κ3) is 3.08. The third-order valence-corrected chi connectivity index (χ3v) is 4.06. The van der Waals surface area contributed by atoms with Gasteiger partial charge in [0, 0.05) is 5.69 Å². The summed E-state index contributed by atoms with van der Waals surface area (Å²) < 4.78 is 18.4. The average molecular weight is 328 g/mol. The first-order valence-corrected chi connectivity index (χ1v) is 7.57. The molecule has 2 aromatic rings. The molecule has 0 spiro atoms. The Kier molecular flexibility index (Phi) is 4.20. The van der Waals surface area contributed by atoms with Crippen LogP contribution in [0.4, 0.5) is 15.8 Å². The van der Waals surface area contributed by atoms with Crippen LogP contribution in [-0.4, -0.2) is 18.9 Å². The minimum Gasteiger partial charge on any atom is -0.495 e. The van der Waals surface area contributed by atoms with Crippen molar-refractivity contribution in [2.45, 2.75) is 12.8 Å². The lowest BCUT2D eigenvalue weighted by atomic mass is 10.0. The molecule has 0 aliphatic heterocycles. The number of nitrogens with one attached hydrogen (secondary N) is 2. The third-order valence-electron chi connectivity index (χ3n) is 4.06. The van der Waals surface area contributed by atoms with Crippen LogP contribution in [0.15, 0.2) is 48.5 Å². The number of hydrogen-bond acceptors (Lipinski definition) is 3. The summed E-state index contributed by atoms with van der Waals surface area (Å²) in [5.41, 5.74) is -0.279. The number of anilines is 2. The highest BCUT2D eigenvalue weighted by Gasteiger charge is 2.56. The van der Waals surface area contributed by atoms with E-state index in [1.165, 1.54) is 25.3 Å². The molecule has 24 heavy (non-hydrogen) atoms. The Morgan fingerprint density at radius 3 is 2.42 bits per heavy atom. The van der Waals surface area contributed by atoms with Crippen LogP contribution in [-0.2, 0) is 9.59 Å². The van der Waals surface area contributed by atoms with Gasteiger partial charge in [0.2, 0.25) is 11.8 Å². The molecule has 1 fully saturated rings. The zero-order valence-electron chi connectivity index (χ0n) is 13.1. The fourth-order valence-electron chi connectivity index (χ4n) is 2.49. The fourth-order valence-corrected chi connectivity index (χ4v) is 2.49. The van der Waals surface area contributed by atoms with Gasteiger partial charge in [-0.1, -0.05) is 18.2 Å². The van der Waals surface area contributed by atoms with Crippen LogP contribution in [0.3, 0.4) is 0 Å². The number of hydrogen-bond donors (Lipinski definition) is 2. The highest BCUT2D eigenvalue weighted by molar-refractivity contribution is 6.17. The van der Waals surface area contributed by atoms with Gasteiger partial charge < -0.3 is 15.4 Å². The van der Waals surface area contributed by atoms with Gasteiger partial charge in [-0.05, 0) is 43.2 Å². The van der Waals surface area contributed by atoms with Crippen LogP contribution >= 0.6 is 0 Å². The van der Waals surface area contributed by atoms with Crippen molar-refractivity contribution in [3.05, 3.63) is 54.3 Å². The van der Waals surface area contributed by atoms with Gasteiger partial charge in [-0.3, -0.25) is 9.59 Å². The molecule has 0 unspecified atom stereocenters. The molecule has 2 N–H and O–H groups in total. The van der Waals surface area contributed by atoms with E-state index >= 15 is 0 Å². The predicted octanol–water partition coefficient (Wildman–Crippen LogP) is 3.19. The molecule has 0 bridgehead atoms. The minimum atomic E-state index is -1.12. The Morgan fingerprint density at radius 1 is 1.04 bits per heavy atom. The number of para-hydroxylation sites is 2. The second-order valence-corrected chi connectivity index (χ2v) is 5.70. The Morgan fingerprint density at radius 2 is 1.75 bits per heavy atom. The van der Waals surface area contributed by atoms with Gasteiger partial charge in [0.05, 0.1) is 12.8 Å². The lowest BCUT2D eigenvalue weighted by Gasteiger charge is -2.16. The summed E-state index contributed by atoms with van der Waals surface area (Å²) in [6, 6.07) is 12.6. The van der Waals surface area contributed by atoms with Gasteiger partial charge in [0.1, 0.15) is 17.0 Å². The highest BCUT2D eigenvalue weighted by atomic mass is 19.1. The van der Waals surface area contributed by atoms with Crippen LogP contribution in [0, 0.1) is 11.2 Å². The van der Waals surface area contributed by atoms with Crippen molar-refractivity contribution < 1.29 is 18.7 Å². The number of carbonyl (C=O) groups is 2. The van der Waals surface area contributed by atoms with Gasteiger partial charge in [0.25, 0.3) is 0 Å². The summed E-state index contributed by atoms with van der Waals surface area (Å²) >= 11 is 0. The summed E-state index contributed by atoms with van der Waals surface area (Å²) in [7, 11) is 1.51. The minimum absolute atomic E-state index is 0.330. The van der Waals surface area contributed by atoms with E-state index in [0.717, 1.165) is 0 Å². The van der Waals surface area contributed by atoms with Gasteiger partial charge in [0.15, 0.2) is 0 Å². The van der Waals surface area contributed by atoms with E-state index in [9.17, 15) is 14.0 Å². The molecule has 0 heterocycles. The van der Waals surface area contributed by atoms with E-state index in [-0.39, 0.29) is 5.91 Å². The van der Waals surface area contributed by atoms with Crippen molar-refractivity contribution in [2.75, 3.05) is 17.7 Å². The van der Waals surface area contributed by atoms with Crippen LogP contribution in [0.5, 0.6) is 5.75 Å². The number of carbonyl (C=O) groups excluding carboxylic acids is 2. The summed E-state index contributed by atoms with van der Waals surface area (Å²) in [6.45, 7) is 0. The topological polar surface area (TPSA) is 67.4 Å². The molecule has 0 saturated heterocycles. The molecular weight excluding hydrogens is 311 g/mol. The standard InChI is InChI=1S/C18H17FN2O3/c1-24-15-8-3-2-7-14(15)21-17(23)18(9-10-18)16(22)20-13-6-4-5-12(19)11-13/h2-8,11H,9-10H2,1H3,(H,20,22)(H,21,23). The van der Waals surface area contributed by atoms with Crippen LogP contribution < -0.4 is 15.4 Å². The number of halogens is 1. The Bertz CT molecular complexity index is 787. The maximum Gasteiger partial charge on any atom is 0.240 e. The normalized spacial score (nSPS) is 14.6. The Labute approximate surface area is 138 Å². The van der Waals surface area contributed by atoms with Crippen molar-refractivity contribution in [1.82, 2.24) is 0 Å². The van der Waals surface area contributed by atoms with Crippen molar-refractivity contribution in [2.24, 2.45) is 5.41 Å². The first kappa shape index (κ1) is 16.0. The fraction of sp³-hybridized carbons (Fsp3) is 0.222. The molecule has 0 atom stereocenters. The zero-order valence-corrected chi connectivity index (χ0v) is 13.1. The van der Waals surface area contributed by atoms with E-state index in [2.05, 4.69) is 10.6 Å². The quantitative estimate of drug-likeness (QED) is 0.828. The van der Waals surface area contributed by atoms with E-state index in [0.29, 0.717) is 30.0 Å². The van der Waals surface area contributed by atoms with Gasteiger partial charge in [-0.25, -0.2) is 4.39 Å². The van der Waals surface area contributed by atoms with E-state index in [1.807, 2.05) is 0 Å². The highest BCUT2D eigenvalue weighted by Crippen LogP contribution is 2.47. The molecule has 0 radical (unpaired) electrons. The van der Waals surface area contributed by atoms with Crippen LogP contribution in [0.25, 0.3) is 0 Å². The van der Waals surface area contributed by atoms with Gasteiger partial charge in [-0.2, -0.15) is 0 Å². The molecule has 2 aromatic carbocycles. The van der Waals surface area contributed by atoms with Crippen LogP contribution in [0.2, 0.25) is 0 Å². The Balaban J connectivity index is 1.73. The van der Waals surface area contributed by atoms with Crippen molar-refractivity contribution in [3.8, 4) is 5.75 Å². The van der Waals surface area contributed by atoms with Crippen molar-refractivity contribution in [1.29, 1.82) is 0 Å². The molecule has 1 aliphatic rings. The Hall–Kier alpha value is -2.89. The first-order chi connectivity index (χ1) is 11.5. The molecule has 5 nitrogen and oxygen atoms in total. The van der Waals surface area contributed by atoms with Gasteiger partial charge >= 0.3 is 0 Å². The number of ether oxygens (including phenoxy) is 1. The number of benzene rings is 2. The molecule has 2 amide bonds. The lowest BCUT2D eigenvalue weighted by Crippen LogP contribution is -2.35. The average Bonchev–Trinajstić information content (AvgIpc) is 3.37. The second-order valence-electron chi connectivity index (χ2n) is 5.70. The predicted molar refractivity (Wildman–Crippen MR) is 88.3 cm³/mol. The maximum absolute atomic E-state index is 13.2. The van der Waals surface area contributed by atoms with Gasteiger partial charge in [-0.15, -0.1) is 0 Å².